The SMILES string of the molecule is C[C@H](NC(=O)c1cn(Cc2ccccn2)nn1)C(=O)O. The van der Waals surface area contributed by atoms with E-state index in [0.717, 1.165) is 5.69 Å². The van der Waals surface area contributed by atoms with Gasteiger partial charge in [0.25, 0.3) is 5.91 Å². The van der Waals surface area contributed by atoms with Crippen LogP contribution >= 0.6 is 0 Å². The second kappa shape index (κ2) is 5.91. The molecule has 0 aromatic carbocycles. The first kappa shape index (κ1) is 13.7. The van der Waals surface area contributed by atoms with Crippen LogP contribution in [0.15, 0.2) is 30.6 Å². The molecule has 0 unspecified atom stereocenters. The fourth-order valence-corrected chi connectivity index (χ4v) is 1.47. The number of carboxylic acid groups (broad SMARTS) is 1. The van der Waals surface area contributed by atoms with Gasteiger partial charge in [0.1, 0.15) is 6.04 Å². The van der Waals surface area contributed by atoms with Gasteiger partial charge in [-0.3, -0.25) is 14.6 Å². The highest BCUT2D eigenvalue weighted by Gasteiger charge is 2.17. The first-order chi connectivity index (χ1) is 9.56. The predicted octanol–water partition coefficient (Wildman–Crippen LogP) is -0.0757. The lowest BCUT2D eigenvalue weighted by molar-refractivity contribution is -0.138. The van der Waals surface area contributed by atoms with Gasteiger partial charge in [0.2, 0.25) is 0 Å². The third-order valence-corrected chi connectivity index (χ3v) is 2.54. The molecule has 0 fully saturated rings. The molecule has 0 spiro atoms. The number of aliphatic carboxylic acids is 1. The van der Waals surface area contributed by atoms with Crippen LogP contribution < -0.4 is 5.32 Å². The number of carboxylic acids is 1. The number of nitrogens with one attached hydrogen (secondary N) is 1. The van der Waals surface area contributed by atoms with Gasteiger partial charge < -0.3 is 10.4 Å². The topological polar surface area (TPSA) is 110 Å². The lowest BCUT2D eigenvalue weighted by Gasteiger charge is -2.06. The molecule has 2 aromatic heterocycles. The van der Waals surface area contributed by atoms with Crippen molar-refractivity contribution in [2.24, 2.45) is 0 Å². The summed E-state index contributed by atoms with van der Waals surface area (Å²) in [6.45, 7) is 1.76. The molecule has 0 bridgehead atoms. The molecule has 1 atom stereocenters. The van der Waals surface area contributed by atoms with Gasteiger partial charge in [0.05, 0.1) is 18.4 Å². The van der Waals surface area contributed by atoms with Gasteiger partial charge in [-0.15, -0.1) is 5.10 Å². The van der Waals surface area contributed by atoms with E-state index in [2.05, 4.69) is 20.6 Å². The number of carbonyl (C=O) groups excluding carboxylic acids is 1. The first-order valence-electron chi connectivity index (χ1n) is 5.90. The molecule has 0 saturated carbocycles. The summed E-state index contributed by atoms with van der Waals surface area (Å²) in [5, 5.41) is 18.5. The number of hydrogen-bond acceptors (Lipinski definition) is 5. The monoisotopic (exact) mass is 275 g/mol. The number of aromatic nitrogens is 4. The van der Waals surface area contributed by atoms with Crippen molar-refractivity contribution in [2.75, 3.05) is 0 Å². The third kappa shape index (κ3) is 3.37. The fourth-order valence-electron chi connectivity index (χ4n) is 1.47. The summed E-state index contributed by atoms with van der Waals surface area (Å²) < 4.78 is 1.46. The van der Waals surface area contributed by atoms with Gasteiger partial charge in [-0.2, -0.15) is 0 Å². The first-order valence-corrected chi connectivity index (χ1v) is 5.90. The summed E-state index contributed by atoms with van der Waals surface area (Å²) >= 11 is 0. The van der Waals surface area contributed by atoms with E-state index in [-0.39, 0.29) is 5.69 Å². The second-order valence-electron chi connectivity index (χ2n) is 4.16. The molecule has 0 radical (unpaired) electrons. The minimum absolute atomic E-state index is 0.0639. The van der Waals surface area contributed by atoms with Crippen LogP contribution in [0.1, 0.15) is 23.1 Å². The van der Waals surface area contributed by atoms with E-state index in [4.69, 9.17) is 5.11 Å². The molecule has 8 heteroatoms. The number of nitrogens with zero attached hydrogens (tertiary/aromatic N) is 4. The van der Waals surface area contributed by atoms with Crippen LogP contribution in [-0.4, -0.2) is 43.0 Å². The molecule has 0 aliphatic heterocycles. The van der Waals surface area contributed by atoms with Gasteiger partial charge in [0.15, 0.2) is 5.69 Å². The molecule has 1 amide bonds. The second-order valence-corrected chi connectivity index (χ2v) is 4.16. The maximum atomic E-state index is 11.7. The maximum absolute atomic E-state index is 11.7. The molecule has 20 heavy (non-hydrogen) atoms. The van der Waals surface area contributed by atoms with Crippen molar-refractivity contribution in [1.29, 1.82) is 0 Å². The molecule has 0 aliphatic rings. The number of amides is 1. The van der Waals surface area contributed by atoms with Crippen LogP contribution in [-0.2, 0) is 11.3 Å². The van der Waals surface area contributed by atoms with E-state index < -0.39 is 17.9 Å². The van der Waals surface area contributed by atoms with Crippen molar-refractivity contribution in [2.45, 2.75) is 19.5 Å². The van der Waals surface area contributed by atoms with Crippen LogP contribution in [0.4, 0.5) is 0 Å². The fraction of sp³-hybridized carbons (Fsp3) is 0.250. The van der Waals surface area contributed by atoms with Crippen LogP contribution in [0.5, 0.6) is 0 Å². The Labute approximate surface area is 114 Å². The lowest BCUT2D eigenvalue weighted by Crippen LogP contribution is -2.38. The van der Waals surface area contributed by atoms with Crippen LogP contribution in [0.2, 0.25) is 0 Å². The van der Waals surface area contributed by atoms with E-state index in [1.165, 1.54) is 17.8 Å². The molecule has 2 rings (SSSR count). The highest BCUT2D eigenvalue weighted by atomic mass is 16.4. The van der Waals surface area contributed by atoms with E-state index in [1.54, 1.807) is 12.3 Å². The Morgan fingerprint density at radius 2 is 2.25 bits per heavy atom. The summed E-state index contributed by atoms with van der Waals surface area (Å²) in [6, 6.07) is 4.50. The Hall–Kier alpha value is -2.77. The Morgan fingerprint density at radius 1 is 1.45 bits per heavy atom. The summed E-state index contributed by atoms with van der Waals surface area (Å²) in [6.07, 6.45) is 3.10. The third-order valence-electron chi connectivity index (χ3n) is 2.54. The van der Waals surface area contributed by atoms with E-state index in [9.17, 15) is 9.59 Å². The van der Waals surface area contributed by atoms with Crippen molar-refractivity contribution >= 4 is 11.9 Å². The molecule has 8 nitrogen and oxygen atoms in total. The van der Waals surface area contributed by atoms with Crippen LogP contribution in [0.3, 0.4) is 0 Å². The number of rotatable bonds is 5. The predicted molar refractivity (Wildman–Crippen MR) is 67.9 cm³/mol. The van der Waals surface area contributed by atoms with Gasteiger partial charge >= 0.3 is 5.97 Å². The Balaban J connectivity index is 2.02. The van der Waals surface area contributed by atoms with E-state index >= 15 is 0 Å². The molecule has 2 N–H and O–H groups in total. The average Bonchev–Trinajstić information content (AvgIpc) is 2.88. The smallest absolute Gasteiger partial charge is 0.325 e. The minimum atomic E-state index is -1.11. The zero-order valence-corrected chi connectivity index (χ0v) is 10.7. The average molecular weight is 275 g/mol. The van der Waals surface area contributed by atoms with Crippen molar-refractivity contribution in [3.63, 3.8) is 0 Å². The Bertz CT molecular complexity index is 611. The number of pyridine rings is 1. The molecule has 0 saturated heterocycles. The van der Waals surface area contributed by atoms with Gasteiger partial charge in [-0.05, 0) is 19.1 Å². The summed E-state index contributed by atoms with van der Waals surface area (Å²) in [4.78, 5) is 26.5. The zero-order valence-electron chi connectivity index (χ0n) is 10.7. The summed E-state index contributed by atoms with van der Waals surface area (Å²) in [5.41, 5.74) is 0.845. The zero-order chi connectivity index (χ0) is 14.5. The summed E-state index contributed by atoms with van der Waals surface area (Å²) in [5.74, 6) is -1.69. The van der Waals surface area contributed by atoms with E-state index in [1.807, 2.05) is 12.1 Å². The lowest BCUT2D eigenvalue weighted by atomic mass is 10.3. The highest BCUT2D eigenvalue weighted by molar-refractivity contribution is 5.94. The summed E-state index contributed by atoms with van der Waals surface area (Å²) in [7, 11) is 0. The highest BCUT2D eigenvalue weighted by Crippen LogP contribution is 1.99. The van der Waals surface area contributed by atoms with Crippen molar-refractivity contribution in [3.8, 4) is 0 Å². The minimum Gasteiger partial charge on any atom is -0.480 e. The molecule has 2 aromatic rings. The van der Waals surface area contributed by atoms with Crippen molar-refractivity contribution in [3.05, 3.63) is 42.0 Å². The van der Waals surface area contributed by atoms with Crippen LogP contribution in [0, 0.1) is 0 Å². The van der Waals surface area contributed by atoms with E-state index in [0.29, 0.717) is 6.54 Å². The molecule has 104 valence electrons. The quantitative estimate of drug-likeness (QED) is 0.790. The Kier molecular flexibility index (Phi) is 4.04. The Morgan fingerprint density at radius 3 is 2.90 bits per heavy atom. The van der Waals surface area contributed by atoms with Gasteiger partial charge in [-0.1, -0.05) is 11.3 Å². The molecule has 0 aliphatic carbocycles. The molecular formula is C12H13N5O3. The number of hydrogen-bond donors (Lipinski definition) is 2. The van der Waals surface area contributed by atoms with Crippen molar-refractivity contribution < 1.29 is 14.7 Å². The molecule has 2 heterocycles. The maximum Gasteiger partial charge on any atom is 0.325 e. The van der Waals surface area contributed by atoms with Gasteiger partial charge in [0, 0.05) is 6.20 Å². The van der Waals surface area contributed by atoms with Crippen molar-refractivity contribution in [1.82, 2.24) is 25.3 Å². The normalized spacial score (nSPS) is 11.8. The van der Waals surface area contributed by atoms with Gasteiger partial charge in [-0.25, -0.2) is 4.68 Å². The van der Waals surface area contributed by atoms with Crippen LogP contribution in [0.25, 0.3) is 0 Å². The molecular weight excluding hydrogens is 262 g/mol. The number of carbonyl (C=O) groups is 2. The largest absolute Gasteiger partial charge is 0.480 e. The standard InChI is InChI=1S/C12H13N5O3/c1-8(12(19)20)14-11(18)10-7-17(16-15-10)6-9-4-2-3-5-13-9/h2-5,7-8H,6H2,1H3,(H,14,18)(H,19,20)/t8-/m0/s1.